The van der Waals surface area contributed by atoms with Crippen molar-refractivity contribution >= 4 is 12.0 Å². The number of hydrogen-bond acceptors (Lipinski definition) is 3. The van der Waals surface area contributed by atoms with Gasteiger partial charge in [-0.15, -0.1) is 5.10 Å². The third kappa shape index (κ3) is 2.13. The summed E-state index contributed by atoms with van der Waals surface area (Å²) in [7, 11) is 1.53. The second kappa shape index (κ2) is 4.94. The van der Waals surface area contributed by atoms with Gasteiger partial charge in [0.05, 0.1) is 0 Å². The summed E-state index contributed by atoms with van der Waals surface area (Å²) in [4.78, 5) is 28.2. The number of nitrogens with one attached hydrogen (secondary N) is 1. The zero-order valence-corrected chi connectivity index (χ0v) is 13.0. The van der Waals surface area contributed by atoms with Gasteiger partial charge >= 0.3 is 5.69 Å². The number of aromatic nitrogens is 3. The van der Waals surface area contributed by atoms with Crippen molar-refractivity contribution < 1.29 is 4.79 Å². The van der Waals surface area contributed by atoms with Crippen molar-refractivity contribution in [1.82, 2.24) is 19.7 Å². The van der Waals surface area contributed by atoms with E-state index in [2.05, 4.69) is 46.5 Å². The van der Waals surface area contributed by atoms with E-state index < -0.39 is 0 Å². The van der Waals surface area contributed by atoms with Gasteiger partial charge in [0.25, 0.3) is 5.91 Å². The van der Waals surface area contributed by atoms with Gasteiger partial charge in [0.15, 0.2) is 0 Å². The number of fused-ring (bicyclic) bond motifs is 2. The summed E-state index contributed by atoms with van der Waals surface area (Å²) in [6.07, 6.45) is 6.25. The molecule has 1 aliphatic heterocycles. The van der Waals surface area contributed by atoms with Crippen molar-refractivity contribution in [2.45, 2.75) is 18.3 Å². The fourth-order valence-electron chi connectivity index (χ4n) is 3.63. The number of aromatic amines is 1. The highest BCUT2D eigenvalue weighted by atomic mass is 16.2. The Labute approximate surface area is 133 Å². The van der Waals surface area contributed by atoms with Crippen LogP contribution in [0, 0.1) is 0 Å². The molecule has 1 aliphatic carbocycles. The molecule has 2 aliphatic rings. The van der Waals surface area contributed by atoms with Gasteiger partial charge in [0.2, 0.25) is 5.82 Å². The maximum absolute atomic E-state index is 12.5. The summed E-state index contributed by atoms with van der Waals surface area (Å²) >= 11 is 0. The standard InChI is InChI=1S/C17H18N4O2/c1-20-16(23)18-14(19-20)15(22)21-10-8-17(9-11-21)7-6-12-4-2-3-5-13(12)17/h2-7H,8-11H2,1H3,(H,18,19,23). The van der Waals surface area contributed by atoms with Crippen LogP contribution in [0.25, 0.3) is 6.08 Å². The number of benzene rings is 1. The fourth-order valence-corrected chi connectivity index (χ4v) is 3.63. The molecule has 2 aromatic rings. The molecule has 23 heavy (non-hydrogen) atoms. The van der Waals surface area contributed by atoms with E-state index in [-0.39, 0.29) is 22.8 Å². The summed E-state index contributed by atoms with van der Waals surface area (Å²) in [6.45, 7) is 1.33. The highest BCUT2D eigenvalue weighted by Gasteiger charge is 2.39. The van der Waals surface area contributed by atoms with E-state index >= 15 is 0 Å². The number of allylic oxidation sites excluding steroid dienone is 1. The maximum Gasteiger partial charge on any atom is 0.343 e. The first-order chi connectivity index (χ1) is 11.1. The number of nitrogens with zero attached hydrogens (tertiary/aromatic N) is 3. The average Bonchev–Trinajstić information content (AvgIpc) is 3.10. The molecule has 0 atom stereocenters. The minimum atomic E-state index is -0.366. The molecule has 1 saturated heterocycles. The van der Waals surface area contributed by atoms with Crippen LogP contribution in [0.3, 0.4) is 0 Å². The van der Waals surface area contributed by atoms with Gasteiger partial charge in [0, 0.05) is 25.6 Å². The molecule has 4 rings (SSSR count). The minimum absolute atomic E-state index is 0.0465. The van der Waals surface area contributed by atoms with E-state index in [9.17, 15) is 9.59 Å². The molecule has 1 fully saturated rings. The largest absolute Gasteiger partial charge is 0.343 e. The fraction of sp³-hybridized carbons (Fsp3) is 0.353. The molecule has 1 N–H and O–H groups in total. The van der Waals surface area contributed by atoms with Crippen molar-refractivity contribution in [2.75, 3.05) is 13.1 Å². The van der Waals surface area contributed by atoms with E-state index in [0.29, 0.717) is 13.1 Å². The molecule has 1 aromatic heterocycles. The van der Waals surface area contributed by atoms with Crippen LogP contribution in [0.5, 0.6) is 0 Å². The Kier molecular flexibility index (Phi) is 3.01. The van der Waals surface area contributed by atoms with Gasteiger partial charge in [0.1, 0.15) is 0 Å². The van der Waals surface area contributed by atoms with Crippen LogP contribution in [-0.4, -0.2) is 38.7 Å². The number of aryl methyl sites for hydroxylation is 1. The molecule has 1 aromatic carbocycles. The van der Waals surface area contributed by atoms with Crippen molar-refractivity contribution in [3.05, 3.63) is 57.8 Å². The molecule has 2 heterocycles. The van der Waals surface area contributed by atoms with Gasteiger partial charge in [-0.25, -0.2) is 9.48 Å². The highest BCUT2D eigenvalue weighted by molar-refractivity contribution is 5.90. The number of amides is 1. The van der Waals surface area contributed by atoms with E-state index in [1.54, 1.807) is 4.90 Å². The van der Waals surface area contributed by atoms with Gasteiger partial charge in [-0.05, 0) is 24.0 Å². The van der Waals surface area contributed by atoms with Crippen LogP contribution in [0.1, 0.15) is 34.6 Å². The van der Waals surface area contributed by atoms with Crippen molar-refractivity contribution in [2.24, 2.45) is 7.05 Å². The quantitative estimate of drug-likeness (QED) is 0.863. The second-order valence-corrected chi connectivity index (χ2v) is 6.27. The zero-order chi connectivity index (χ0) is 16.0. The maximum atomic E-state index is 12.5. The molecular weight excluding hydrogens is 292 g/mol. The lowest BCUT2D eigenvalue weighted by Crippen LogP contribution is -2.44. The van der Waals surface area contributed by atoms with Crippen molar-refractivity contribution in [3.63, 3.8) is 0 Å². The number of carbonyl (C=O) groups is 1. The van der Waals surface area contributed by atoms with Gasteiger partial charge in [-0.1, -0.05) is 36.4 Å². The highest BCUT2D eigenvalue weighted by Crippen LogP contribution is 2.43. The topological polar surface area (TPSA) is 71.0 Å². The Morgan fingerprint density at radius 1 is 1.26 bits per heavy atom. The molecular formula is C17H18N4O2. The predicted octanol–water partition coefficient (Wildman–Crippen LogP) is 1.31. The summed E-state index contributed by atoms with van der Waals surface area (Å²) in [5.41, 5.74) is 2.32. The number of rotatable bonds is 1. The summed E-state index contributed by atoms with van der Waals surface area (Å²) in [5.74, 6) is -0.0800. The zero-order valence-electron chi connectivity index (χ0n) is 13.0. The molecule has 0 saturated carbocycles. The van der Waals surface area contributed by atoms with E-state index in [0.717, 1.165) is 17.5 Å². The minimum Gasteiger partial charge on any atom is -0.336 e. The lowest BCUT2D eigenvalue weighted by Gasteiger charge is -2.39. The van der Waals surface area contributed by atoms with E-state index in [1.165, 1.54) is 18.2 Å². The first-order valence-corrected chi connectivity index (χ1v) is 7.80. The Balaban J connectivity index is 1.53. The molecule has 6 heteroatoms. The molecule has 6 nitrogen and oxygen atoms in total. The molecule has 118 valence electrons. The number of piperidine rings is 1. The van der Waals surface area contributed by atoms with E-state index in [1.807, 2.05) is 0 Å². The third-order valence-electron chi connectivity index (χ3n) is 4.99. The van der Waals surface area contributed by atoms with Crippen LogP contribution >= 0.6 is 0 Å². The normalized spacial score (nSPS) is 18.4. The molecule has 1 amide bonds. The van der Waals surface area contributed by atoms with Crippen molar-refractivity contribution in [3.8, 4) is 0 Å². The number of H-pyrrole nitrogens is 1. The molecule has 0 unspecified atom stereocenters. The average molecular weight is 310 g/mol. The predicted molar refractivity (Wildman–Crippen MR) is 86.1 cm³/mol. The van der Waals surface area contributed by atoms with Gasteiger partial charge in [-0.3, -0.25) is 9.78 Å². The summed E-state index contributed by atoms with van der Waals surface area (Å²) in [6, 6.07) is 8.45. The Morgan fingerprint density at radius 3 is 2.70 bits per heavy atom. The van der Waals surface area contributed by atoms with Crippen LogP contribution in [0.4, 0.5) is 0 Å². The monoisotopic (exact) mass is 310 g/mol. The second-order valence-electron chi connectivity index (χ2n) is 6.27. The Morgan fingerprint density at radius 2 is 2.00 bits per heavy atom. The first kappa shape index (κ1) is 14.0. The third-order valence-corrected chi connectivity index (χ3v) is 4.99. The van der Waals surface area contributed by atoms with Crippen LogP contribution in [0.15, 0.2) is 35.1 Å². The Bertz CT molecular complexity index is 853. The number of carbonyl (C=O) groups excluding carboxylic acids is 1. The number of likely N-dealkylation sites (tertiary alicyclic amines) is 1. The van der Waals surface area contributed by atoms with Crippen LogP contribution < -0.4 is 5.69 Å². The van der Waals surface area contributed by atoms with Gasteiger partial charge in [-0.2, -0.15) is 0 Å². The Hall–Kier alpha value is -2.63. The van der Waals surface area contributed by atoms with Crippen LogP contribution in [-0.2, 0) is 12.5 Å². The SMILES string of the molecule is Cn1nc(C(=O)N2CCC3(C=Cc4ccccc43)CC2)[nH]c1=O. The summed E-state index contributed by atoms with van der Waals surface area (Å²) in [5, 5.41) is 3.95. The smallest absolute Gasteiger partial charge is 0.336 e. The molecule has 0 radical (unpaired) electrons. The van der Waals surface area contributed by atoms with Gasteiger partial charge < -0.3 is 4.90 Å². The lowest BCUT2D eigenvalue weighted by atomic mass is 9.74. The van der Waals surface area contributed by atoms with E-state index in [4.69, 9.17) is 0 Å². The number of hydrogen-bond donors (Lipinski definition) is 1. The summed E-state index contributed by atoms with van der Waals surface area (Å²) < 4.78 is 1.15. The molecule has 0 bridgehead atoms. The lowest BCUT2D eigenvalue weighted by molar-refractivity contribution is 0.0677. The first-order valence-electron chi connectivity index (χ1n) is 7.80. The molecule has 1 spiro atoms. The van der Waals surface area contributed by atoms with Crippen molar-refractivity contribution in [1.29, 1.82) is 0 Å². The van der Waals surface area contributed by atoms with Crippen LogP contribution in [0.2, 0.25) is 0 Å².